The number of aliphatic hydroxyl groups excluding tert-OH is 2. The molecule has 0 aromatic carbocycles. The minimum atomic E-state index is -0.0866. The zero-order valence-corrected chi connectivity index (χ0v) is 9.92. The molecule has 0 bridgehead atoms. The van der Waals surface area contributed by atoms with Crippen molar-refractivity contribution in [1.29, 1.82) is 0 Å². The number of aliphatic hydroxyl groups is 2. The predicted molar refractivity (Wildman–Crippen MR) is 64.6 cm³/mol. The van der Waals surface area contributed by atoms with Crippen LogP contribution in [0, 0.1) is 0 Å². The lowest BCUT2D eigenvalue weighted by molar-refractivity contribution is 0.254. The fourth-order valence-electron chi connectivity index (χ4n) is 2.26. The molecule has 5 heteroatoms. The topological polar surface area (TPSA) is 69.5 Å². The van der Waals surface area contributed by atoms with Gasteiger partial charge in [0.1, 0.15) is 0 Å². The summed E-state index contributed by atoms with van der Waals surface area (Å²) in [6, 6.07) is 3.79. The normalized spacial score (nSPS) is 21.3. The molecular weight excluding hydrogens is 218 g/mol. The lowest BCUT2D eigenvalue weighted by Crippen LogP contribution is -2.38. The quantitative estimate of drug-likeness (QED) is 0.810. The summed E-state index contributed by atoms with van der Waals surface area (Å²) in [5.74, 6) is 0.795. The van der Waals surface area contributed by atoms with Crippen LogP contribution in [0.2, 0.25) is 0 Å². The molecule has 1 fully saturated rings. The number of nitrogens with zero attached hydrogens (tertiary/aromatic N) is 3. The summed E-state index contributed by atoms with van der Waals surface area (Å²) in [7, 11) is 0. The number of hydrogen-bond donors (Lipinski definition) is 2. The van der Waals surface area contributed by atoms with Gasteiger partial charge in [0.15, 0.2) is 5.82 Å². The van der Waals surface area contributed by atoms with Crippen LogP contribution in [0.4, 0.5) is 5.82 Å². The fraction of sp³-hybridized carbons (Fsp3) is 0.667. The van der Waals surface area contributed by atoms with Gasteiger partial charge in [-0.05, 0) is 25.0 Å². The van der Waals surface area contributed by atoms with E-state index in [-0.39, 0.29) is 19.3 Å². The Kier molecular flexibility index (Phi) is 4.28. The largest absolute Gasteiger partial charge is 0.394 e. The summed E-state index contributed by atoms with van der Waals surface area (Å²) in [6.45, 7) is 0.985. The van der Waals surface area contributed by atoms with Crippen molar-refractivity contribution in [1.82, 2.24) is 10.2 Å². The molecule has 1 aliphatic rings. The second-order valence-corrected chi connectivity index (χ2v) is 4.42. The Morgan fingerprint density at radius 1 is 1.18 bits per heavy atom. The Labute approximate surface area is 101 Å². The highest BCUT2D eigenvalue weighted by Gasteiger charge is 2.21. The van der Waals surface area contributed by atoms with Gasteiger partial charge in [-0.25, -0.2) is 0 Å². The number of aromatic nitrogens is 2. The van der Waals surface area contributed by atoms with Crippen LogP contribution in [-0.2, 0) is 6.61 Å². The minimum absolute atomic E-state index is 0.0866. The highest BCUT2D eigenvalue weighted by molar-refractivity contribution is 5.39. The predicted octanol–water partition coefficient (Wildman–Crippen LogP) is 0.710. The summed E-state index contributed by atoms with van der Waals surface area (Å²) in [5, 5.41) is 26.4. The molecule has 17 heavy (non-hydrogen) atoms. The van der Waals surface area contributed by atoms with Crippen molar-refractivity contribution in [2.24, 2.45) is 0 Å². The highest BCUT2D eigenvalue weighted by atomic mass is 16.3. The van der Waals surface area contributed by atoms with Crippen molar-refractivity contribution in [2.75, 3.05) is 18.1 Å². The first-order chi connectivity index (χ1) is 8.35. The van der Waals surface area contributed by atoms with Crippen LogP contribution in [0.25, 0.3) is 0 Å². The van der Waals surface area contributed by atoms with Gasteiger partial charge < -0.3 is 15.1 Å². The third-order valence-corrected chi connectivity index (χ3v) is 3.25. The zero-order chi connectivity index (χ0) is 12.1. The molecule has 1 aromatic heterocycles. The maximum Gasteiger partial charge on any atom is 0.151 e. The van der Waals surface area contributed by atoms with Crippen LogP contribution >= 0.6 is 0 Å². The minimum Gasteiger partial charge on any atom is -0.394 e. The number of anilines is 1. The van der Waals surface area contributed by atoms with E-state index in [1.165, 1.54) is 6.42 Å². The fourth-order valence-corrected chi connectivity index (χ4v) is 2.26. The summed E-state index contributed by atoms with van der Waals surface area (Å²) < 4.78 is 0. The summed E-state index contributed by atoms with van der Waals surface area (Å²) in [6.07, 6.45) is 4.49. The lowest BCUT2D eigenvalue weighted by Gasteiger charge is -2.29. The van der Waals surface area contributed by atoms with E-state index in [4.69, 9.17) is 5.11 Å². The van der Waals surface area contributed by atoms with E-state index < -0.39 is 0 Å². The molecule has 1 atom stereocenters. The number of hydrogen-bond acceptors (Lipinski definition) is 5. The average Bonchev–Trinajstić information content (AvgIpc) is 2.64. The Morgan fingerprint density at radius 2 is 2.06 bits per heavy atom. The number of rotatable bonds is 3. The first kappa shape index (κ1) is 12.3. The molecule has 2 heterocycles. The van der Waals surface area contributed by atoms with Crippen molar-refractivity contribution < 1.29 is 10.2 Å². The summed E-state index contributed by atoms with van der Waals surface area (Å²) >= 11 is 0. The smallest absolute Gasteiger partial charge is 0.151 e. The molecule has 0 spiro atoms. The van der Waals surface area contributed by atoms with Gasteiger partial charge in [0.05, 0.1) is 24.9 Å². The molecule has 1 aliphatic heterocycles. The van der Waals surface area contributed by atoms with Gasteiger partial charge in [-0.2, -0.15) is 5.10 Å². The van der Waals surface area contributed by atoms with E-state index in [0.717, 1.165) is 31.6 Å². The van der Waals surface area contributed by atoms with Gasteiger partial charge in [-0.3, -0.25) is 0 Å². The van der Waals surface area contributed by atoms with E-state index in [2.05, 4.69) is 15.1 Å². The Balaban J connectivity index is 2.16. The Bertz CT molecular complexity index is 342. The molecule has 1 saturated heterocycles. The van der Waals surface area contributed by atoms with Crippen molar-refractivity contribution in [3.05, 3.63) is 17.8 Å². The standard InChI is InChI=1S/C12H19N3O2/c16-8-10-5-6-12(14-13-10)15-7-3-1-2-4-11(15)9-17/h5-6,11,16-17H,1-4,7-9H2. The van der Waals surface area contributed by atoms with Gasteiger partial charge in [0.25, 0.3) is 0 Å². The van der Waals surface area contributed by atoms with Gasteiger partial charge in [-0.1, -0.05) is 12.8 Å². The second-order valence-electron chi connectivity index (χ2n) is 4.42. The molecule has 2 rings (SSSR count). The molecule has 0 radical (unpaired) electrons. The molecule has 0 amide bonds. The van der Waals surface area contributed by atoms with E-state index in [0.29, 0.717) is 5.69 Å². The first-order valence-electron chi connectivity index (χ1n) is 6.16. The molecule has 0 aliphatic carbocycles. The van der Waals surface area contributed by atoms with Gasteiger partial charge in [0.2, 0.25) is 0 Å². The molecule has 1 unspecified atom stereocenters. The molecular formula is C12H19N3O2. The molecule has 0 saturated carbocycles. The Morgan fingerprint density at radius 3 is 2.71 bits per heavy atom. The SMILES string of the molecule is OCc1ccc(N2CCCCCC2CO)nn1. The van der Waals surface area contributed by atoms with Crippen LogP contribution in [0.5, 0.6) is 0 Å². The third-order valence-electron chi connectivity index (χ3n) is 3.25. The molecule has 1 aromatic rings. The van der Waals surface area contributed by atoms with Crippen LogP contribution in [0.3, 0.4) is 0 Å². The van der Waals surface area contributed by atoms with Crippen molar-refractivity contribution in [3.8, 4) is 0 Å². The third kappa shape index (κ3) is 2.92. The van der Waals surface area contributed by atoms with Crippen LogP contribution in [0.1, 0.15) is 31.4 Å². The first-order valence-corrected chi connectivity index (χ1v) is 6.16. The van der Waals surface area contributed by atoms with E-state index >= 15 is 0 Å². The zero-order valence-electron chi connectivity index (χ0n) is 9.92. The van der Waals surface area contributed by atoms with Gasteiger partial charge in [0, 0.05) is 6.54 Å². The van der Waals surface area contributed by atoms with Crippen LogP contribution in [0.15, 0.2) is 12.1 Å². The van der Waals surface area contributed by atoms with Crippen molar-refractivity contribution >= 4 is 5.82 Å². The monoisotopic (exact) mass is 237 g/mol. The summed E-state index contributed by atoms with van der Waals surface area (Å²) in [4.78, 5) is 2.13. The van der Waals surface area contributed by atoms with Crippen LogP contribution in [-0.4, -0.2) is 39.6 Å². The van der Waals surface area contributed by atoms with Crippen molar-refractivity contribution in [2.45, 2.75) is 38.3 Å². The summed E-state index contributed by atoms with van der Waals surface area (Å²) in [5.41, 5.74) is 0.573. The van der Waals surface area contributed by atoms with Gasteiger partial charge >= 0.3 is 0 Å². The van der Waals surface area contributed by atoms with Crippen molar-refractivity contribution in [3.63, 3.8) is 0 Å². The molecule has 2 N–H and O–H groups in total. The molecule has 5 nitrogen and oxygen atoms in total. The Hall–Kier alpha value is -1.20. The van der Waals surface area contributed by atoms with E-state index in [1.807, 2.05) is 6.07 Å². The maximum absolute atomic E-state index is 9.42. The highest BCUT2D eigenvalue weighted by Crippen LogP contribution is 2.21. The maximum atomic E-state index is 9.42. The second kappa shape index (κ2) is 5.93. The lowest BCUT2D eigenvalue weighted by atomic mass is 10.1. The molecule has 94 valence electrons. The van der Waals surface area contributed by atoms with E-state index in [9.17, 15) is 5.11 Å². The van der Waals surface area contributed by atoms with Crippen LogP contribution < -0.4 is 4.90 Å². The van der Waals surface area contributed by atoms with Gasteiger partial charge in [-0.15, -0.1) is 5.10 Å². The average molecular weight is 237 g/mol. The van der Waals surface area contributed by atoms with E-state index in [1.54, 1.807) is 6.07 Å².